The average molecular weight is 365 g/mol. The van der Waals surface area contributed by atoms with Gasteiger partial charge in [0.2, 0.25) is 11.4 Å². The van der Waals surface area contributed by atoms with Crippen LogP contribution in [0.25, 0.3) is 21.7 Å². The van der Waals surface area contributed by atoms with Crippen LogP contribution in [0.2, 0.25) is 0 Å². The van der Waals surface area contributed by atoms with Crippen LogP contribution in [0.4, 0.5) is 0 Å². The Hall–Kier alpha value is -2.92. The number of allylic oxidation sites excluding steroid dienone is 2. The van der Waals surface area contributed by atoms with Gasteiger partial charge in [-0.15, -0.1) is 0 Å². The molecule has 2 N–H and O–H groups in total. The lowest BCUT2D eigenvalue weighted by molar-refractivity contribution is -0.659. The Morgan fingerprint density at radius 3 is 2.78 bits per heavy atom. The maximum atomic E-state index is 12.0. The van der Waals surface area contributed by atoms with Crippen molar-refractivity contribution in [2.75, 3.05) is 20.3 Å². The van der Waals surface area contributed by atoms with E-state index in [0.29, 0.717) is 6.42 Å². The number of aliphatic hydroxyl groups is 1. The van der Waals surface area contributed by atoms with Gasteiger partial charge >= 0.3 is 0 Å². The van der Waals surface area contributed by atoms with Gasteiger partial charge in [0.1, 0.15) is 5.75 Å². The molecule has 0 spiro atoms. The van der Waals surface area contributed by atoms with Crippen LogP contribution in [-0.4, -0.2) is 31.3 Å². The van der Waals surface area contributed by atoms with Crippen molar-refractivity contribution in [1.29, 1.82) is 0 Å². The fourth-order valence-electron chi connectivity index (χ4n) is 3.22. The summed E-state index contributed by atoms with van der Waals surface area (Å²) in [5.74, 6) is 0.741. The number of hydrogen-bond donors (Lipinski definition) is 2. The Balaban J connectivity index is 2.09. The molecule has 1 amide bonds. The highest BCUT2D eigenvalue weighted by molar-refractivity contribution is 6.04. The molecule has 0 aliphatic carbocycles. The number of benzene rings is 2. The summed E-state index contributed by atoms with van der Waals surface area (Å²) in [5, 5.41) is 14.9. The second kappa shape index (κ2) is 8.64. The lowest BCUT2D eigenvalue weighted by Crippen LogP contribution is -2.33. The van der Waals surface area contributed by atoms with Crippen LogP contribution >= 0.6 is 0 Å². The molecule has 1 aromatic heterocycles. The molecule has 1 heterocycles. The average Bonchev–Trinajstić information content (AvgIpc) is 2.69. The third kappa shape index (κ3) is 4.26. The minimum absolute atomic E-state index is 0.0533. The van der Waals surface area contributed by atoms with E-state index in [9.17, 15) is 4.79 Å². The standard InChI is InChI=1S/C22H24N2O3/c1-3-4-10-24-15-17-14-18(27-2)6-8-19(17)20-7-5-16(12-21(20)24)13-22(26)23-9-11-25/h3-8,12,14-15,25H,9-11,13H2,1-2H3/p+1/b4-3+. The molecule has 3 aromatic rings. The number of aliphatic hydroxyl groups excluding tert-OH is 1. The summed E-state index contributed by atoms with van der Waals surface area (Å²) in [7, 11) is 1.67. The van der Waals surface area contributed by atoms with Crippen molar-refractivity contribution in [3.63, 3.8) is 0 Å². The first-order valence-electron chi connectivity index (χ1n) is 9.08. The van der Waals surface area contributed by atoms with Gasteiger partial charge in [-0.3, -0.25) is 4.79 Å². The molecule has 5 nitrogen and oxygen atoms in total. The second-order valence-electron chi connectivity index (χ2n) is 6.41. The minimum atomic E-state index is -0.0890. The first-order chi connectivity index (χ1) is 13.2. The van der Waals surface area contributed by atoms with Gasteiger partial charge < -0.3 is 15.2 Å². The van der Waals surface area contributed by atoms with Gasteiger partial charge in [0.15, 0.2) is 12.7 Å². The molecule has 140 valence electrons. The Morgan fingerprint density at radius 2 is 2.04 bits per heavy atom. The molecule has 27 heavy (non-hydrogen) atoms. The molecule has 0 aliphatic heterocycles. The second-order valence-corrected chi connectivity index (χ2v) is 6.41. The number of carbonyl (C=O) groups is 1. The van der Waals surface area contributed by atoms with Gasteiger partial charge in [0.25, 0.3) is 0 Å². The molecule has 0 atom stereocenters. The smallest absolute Gasteiger partial charge is 0.224 e. The van der Waals surface area contributed by atoms with Crippen LogP contribution in [0.3, 0.4) is 0 Å². The highest BCUT2D eigenvalue weighted by atomic mass is 16.5. The van der Waals surface area contributed by atoms with Gasteiger partial charge in [-0.25, -0.2) is 0 Å². The zero-order chi connectivity index (χ0) is 19.2. The van der Waals surface area contributed by atoms with Crippen molar-refractivity contribution in [3.05, 3.63) is 60.3 Å². The Labute approximate surface area is 158 Å². The predicted octanol–water partition coefficient (Wildman–Crippen LogP) is 2.52. The predicted molar refractivity (Wildman–Crippen MR) is 107 cm³/mol. The van der Waals surface area contributed by atoms with Gasteiger partial charge in [-0.2, -0.15) is 4.57 Å². The van der Waals surface area contributed by atoms with E-state index in [4.69, 9.17) is 9.84 Å². The van der Waals surface area contributed by atoms with Crippen molar-refractivity contribution >= 4 is 27.6 Å². The third-order valence-corrected chi connectivity index (χ3v) is 4.55. The topological polar surface area (TPSA) is 62.4 Å². The van der Waals surface area contributed by atoms with Crippen molar-refractivity contribution in [2.45, 2.75) is 19.9 Å². The summed E-state index contributed by atoms with van der Waals surface area (Å²) in [6.07, 6.45) is 6.54. The molecule has 2 aromatic carbocycles. The molecule has 0 fully saturated rings. The van der Waals surface area contributed by atoms with E-state index in [2.05, 4.69) is 40.4 Å². The summed E-state index contributed by atoms with van der Waals surface area (Å²) in [4.78, 5) is 12.0. The van der Waals surface area contributed by atoms with Crippen molar-refractivity contribution in [1.82, 2.24) is 5.32 Å². The number of pyridine rings is 1. The maximum absolute atomic E-state index is 12.0. The van der Waals surface area contributed by atoms with Crippen LogP contribution in [0, 0.1) is 0 Å². The van der Waals surface area contributed by atoms with Gasteiger partial charge in [0, 0.05) is 18.0 Å². The van der Waals surface area contributed by atoms with E-state index in [0.717, 1.165) is 39.5 Å². The first-order valence-corrected chi connectivity index (χ1v) is 9.08. The van der Waals surface area contributed by atoms with E-state index in [1.54, 1.807) is 7.11 Å². The van der Waals surface area contributed by atoms with Crippen molar-refractivity contribution < 1.29 is 19.2 Å². The number of methoxy groups -OCH3 is 1. The lowest BCUT2D eigenvalue weighted by Gasteiger charge is -2.08. The van der Waals surface area contributed by atoms with E-state index in [1.807, 2.05) is 31.2 Å². The molecule has 0 saturated heterocycles. The number of aromatic nitrogens is 1. The monoisotopic (exact) mass is 365 g/mol. The number of carbonyl (C=O) groups excluding carboxylic acids is 1. The summed E-state index contributed by atoms with van der Waals surface area (Å²) in [6, 6.07) is 12.2. The van der Waals surface area contributed by atoms with Crippen LogP contribution < -0.4 is 14.6 Å². The zero-order valence-electron chi connectivity index (χ0n) is 15.7. The number of nitrogens with zero attached hydrogens (tertiary/aromatic N) is 1. The van der Waals surface area contributed by atoms with Crippen LogP contribution in [0.1, 0.15) is 12.5 Å². The van der Waals surface area contributed by atoms with Gasteiger partial charge in [-0.05, 0) is 42.8 Å². The minimum Gasteiger partial charge on any atom is -0.497 e. The summed E-state index contributed by atoms with van der Waals surface area (Å²) in [6.45, 7) is 2.98. The molecule has 5 heteroatoms. The first kappa shape index (κ1) is 18.9. The van der Waals surface area contributed by atoms with Gasteiger partial charge in [-0.1, -0.05) is 12.1 Å². The van der Waals surface area contributed by atoms with Crippen LogP contribution in [-0.2, 0) is 17.8 Å². The number of amides is 1. The molecule has 0 radical (unpaired) electrons. The SMILES string of the molecule is C/C=C/C[n+]1cc2cc(OC)ccc2c2ccc(CC(=O)NCCO)cc21. The fraction of sp³-hybridized carbons (Fsp3) is 0.273. The van der Waals surface area contributed by atoms with E-state index in [1.165, 1.54) is 0 Å². The molecular weight excluding hydrogens is 340 g/mol. The Bertz CT molecular complexity index is 996. The normalized spacial score (nSPS) is 11.4. The zero-order valence-corrected chi connectivity index (χ0v) is 15.7. The van der Waals surface area contributed by atoms with Gasteiger partial charge in [0.05, 0.1) is 30.9 Å². The molecule has 0 aliphatic rings. The molecule has 0 unspecified atom stereocenters. The summed E-state index contributed by atoms with van der Waals surface area (Å²) < 4.78 is 7.55. The fourth-order valence-corrected chi connectivity index (χ4v) is 3.22. The Kier molecular flexibility index (Phi) is 6.04. The molecular formula is C22H25N2O3+. The molecule has 0 bridgehead atoms. The van der Waals surface area contributed by atoms with Crippen molar-refractivity contribution in [3.8, 4) is 5.75 Å². The third-order valence-electron chi connectivity index (χ3n) is 4.55. The van der Waals surface area contributed by atoms with E-state index >= 15 is 0 Å². The number of nitrogens with one attached hydrogen (secondary N) is 1. The number of fused-ring (bicyclic) bond motifs is 3. The largest absolute Gasteiger partial charge is 0.497 e. The lowest BCUT2D eigenvalue weighted by atomic mass is 10.0. The van der Waals surface area contributed by atoms with Crippen LogP contribution in [0.5, 0.6) is 5.75 Å². The summed E-state index contributed by atoms with van der Waals surface area (Å²) in [5.41, 5.74) is 2.03. The van der Waals surface area contributed by atoms with E-state index < -0.39 is 0 Å². The van der Waals surface area contributed by atoms with E-state index in [-0.39, 0.29) is 19.1 Å². The number of rotatable bonds is 7. The highest BCUT2D eigenvalue weighted by Gasteiger charge is 2.15. The highest BCUT2D eigenvalue weighted by Crippen LogP contribution is 2.27. The summed E-state index contributed by atoms with van der Waals surface area (Å²) >= 11 is 0. The van der Waals surface area contributed by atoms with Crippen LogP contribution in [0.15, 0.2) is 54.7 Å². The quantitative estimate of drug-likeness (QED) is 0.384. The Morgan fingerprint density at radius 1 is 1.22 bits per heavy atom. The number of ether oxygens (including phenoxy) is 1. The number of hydrogen-bond acceptors (Lipinski definition) is 3. The van der Waals surface area contributed by atoms with Crippen molar-refractivity contribution in [2.24, 2.45) is 0 Å². The maximum Gasteiger partial charge on any atom is 0.224 e. The molecule has 3 rings (SSSR count). The molecule has 0 saturated carbocycles.